The van der Waals surface area contributed by atoms with E-state index in [4.69, 9.17) is 4.74 Å². The standard InChI is InChI=1S/C17H19NO2/c1-13(2)15-10-6-7-11-16(15)18-17(19)20-12-14-8-4-3-5-9-14/h3-11,13H,12H2,1-2H3,(H,18,19). The summed E-state index contributed by atoms with van der Waals surface area (Å²) in [4.78, 5) is 11.8. The van der Waals surface area contributed by atoms with Crippen molar-refractivity contribution in [2.24, 2.45) is 0 Å². The Bertz CT molecular complexity index is 564. The first-order chi connectivity index (χ1) is 9.66. The predicted octanol–water partition coefficient (Wildman–Crippen LogP) is 4.56. The number of carbonyl (C=O) groups excluding carboxylic acids is 1. The van der Waals surface area contributed by atoms with Crippen molar-refractivity contribution in [2.75, 3.05) is 5.32 Å². The average Bonchev–Trinajstić information content (AvgIpc) is 2.46. The van der Waals surface area contributed by atoms with Crippen LogP contribution in [0.3, 0.4) is 0 Å². The highest BCUT2D eigenvalue weighted by Gasteiger charge is 2.09. The van der Waals surface area contributed by atoms with Gasteiger partial charge < -0.3 is 4.74 Å². The van der Waals surface area contributed by atoms with Gasteiger partial charge in [0.15, 0.2) is 0 Å². The molecule has 2 rings (SSSR count). The smallest absolute Gasteiger partial charge is 0.411 e. The SMILES string of the molecule is CC(C)c1ccccc1NC(=O)OCc1ccccc1. The lowest BCUT2D eigenvalue weighted by atomic mass is 10.0. The third kappa shape index (κ3) is 3.85. The Kier molecular flexibility index (Phi) is 4.77. The van der Waals surface area contributed by atoms with Gasteiger partial charge in [0.1, 0.15) is 6.61 Å². The fourth-order valence-electron chi connectivity index (χ4n) is 1.98. The molecular formula is C17H19NO2. The molecule has 0 aliphatic carbocycles. The highest BCUT2D eigenvalue weighted by molar-refractivity contribution is 5.85. The molecule has 0 radical (unpaired) electrons. The van der Waals surface area contributed by atoms with E-state index in [0.29, 0.717) is 5.92 Å². The van der Waals surface area contributed by atoms with Crippen LogP contribution in [0.4, 0.5) is 10.5 Å². The molecule has 3 nitrogen and oxygen atoms in total. The summed E-state index contributed by atoms with van der Waals surface area (Å²) in [5, 5.41) is 2.80. The van der Waals surface area contributed by atoms with Crippen LogP contribution in [0.5, 0.6) is 0 Å². The molecule has 0 atom stereocenters. The fraction of sp³-hybridized carbons (Fsp3) is 0.235. The van der Waals surface area contributed by atoms with Gasteiger partial charge in [0, 0.05) is 5.69 Å². The molecule has 2 aromatic carbocycles. The minimum atomic E-state index is -0.429. The lowest BCUT2D eigenvalue weighted by molar-refractivity contribution is 0.155. The Labute approximate surface area is 119 Å². The Balaban J connectivity index is 1.95. The van der Waals surface area contributed by atoms with Crippen LogP contribution in [-0.4, -0.2) is 6.09 Å². The minimum absolute atomic E-state index is 0.274. The number of hydrogen-bond acceptors (Lipinski definition) is 2. The third-order valence-electron chi connectivity index (χ3n) is 3.03. The zero-order valence-corrected chi connectivity index (χ0v) is 11.8. The van der Waals surface area contributed by atoms with Gasteiger partial charge in [-0.05, 0) is 23.1 Å². The maximum atomic E-state index is 11.8. The van der Waals surface area contributed by atoms with Crippen LogP contribution in [0.1, 0.15) is 30.9 Å². The van der Waals surface area contributed by atoms with Gasteiger partial charge >= 0.3 is 6.09 Å². The molecule has 0 saturated carbocycles. The molecule has 0 saturated heterocycles. The van der Waals surface area contributed by atoms with Gasteiger partial charge in [0.2, 0.25) is 0 Å². The van der Waals surface area contributed by atoms with Crippen LogP contribution in [0.15, 0.2) is 54.6 Å². The van der Waals surface area contributed by atoms with E-state index in [9.17, 15) is 4.79 Å². The lowest BCUT2D eigenvalue weighted by Crippen LogP contribution is -2.15. The first-order valence-corrected chi connectivity index (χ1v) is 6.73. The van der Waals surface area contributed by atoms with Crippen LogP contribution < -0.4 is 5.32 Å². The molecule has 0 unspecified atom stereocenters. The number of para-hydroxylation sites is 1. The van der Waals surface area contributed by atoms with Crippen molar-refractivity contribution in [3.63, 3.8) is 0 Å². The summed E-state index contributed by atoms with van der Waals surface area (Å²) in [7, 11) is 0. The Morgan fingerprint density at radius 1 is 1.05 bits per heavy atom. The minimum Gasteiger partial charge on any atom is -0.444 e. The first kappa shape index (κ1) is 14.1. The van der Waals surface area contributed by atoms with Crippen molar-refractivity contribution in [1.29, 1.82) is 0 Å². The lowest BCUT2D eigenvalue weighted by Gasteiger charge is -2.13. The van der Waals surface area contributed by atoms with Crippen molar-refractivity contribution in [3.8, 4) is 0 Å². The summed E-state index contributed by atoms with van der Waals surface area (Å²) in [5.41, 5.74) is 2.88. The third-order valence-corrected chi connectivity index (χ3v) is 3.03. The van der Waals surface area contributed by atoms with E-state index in [1.807, 2.05) is 54.6 Å². The van der Waals surface area contributed by atoms with Gasteiger partial charge in [-0.2, -0.15) is 0 Å². The summed E-state index contributed by atoms with van der Waals surface area (Å²) in [6.45, 7) is 4.46. The molecule has 20 heavy (non-hydrogen) atoms. The van der Waals surface area contributed by atoms with Crippen LogP contribution in [-0.2, 0) is 11.3 Å². The Morgan fingerprint density at radius 3 is 2.40 bits per heavy atom. The van der Waals surface area contributed by atoms with Crippen molar-refractivity contribution >= 4 is 11.8 Å². The summed E-state index contributed by atoms with van der Waals surface area (Å²) < 4.78 is 5.22. The number of rotatable bonds is 4. The number of carbonyl (C=O) groups is 1. The van der Waals surface area contributed by atoms with E-state index in [-0.39, 0.29) is 6.61 Å². The fourth-order valence-corrected chi connectivity index (χ4v) is 1.98. The summed E-state index contributed by atoms with van der Waals surface area (Å²) >= 11 is 0. The van der Waals surface area contributed by atoms with E-state index < -0.39 is 6.09 Å². The van der Waals surface area contributed by atoms with Crippen LogP contribution in [0.2, 0.25) is 0 Å². The molecule has 0 aliphatic heterocycles. The van der Waals surface area contributed by atoms with E-state index in [1.165, 1.54) is 0 Å². The van der Waals surface area contributed by atoms with Gasteiger partial charge in [0.25, 0.3) is 0 Å². The molecule has 0 aliphatic rings. The van der Waals surface area contributed by atoms with E-state index in [0.717, 1.165) is 16.8 Å². The molecule has 0 spiro atoms. The first-order valence-electron chi connectivity index (χ1n) is 6.73. The predicted molar refractivity (Wildman–Crippen MR) is 80.8 cm³/mol. The maximum Gasteiger partial charge on any atom is 0.411 e. The molecule has 1 N–H and O–H groups in total. The molecule has 1 amide bonds. The van der Waals surface area contributed by atoms with Gasteiger partial charge in [-0.25, -0.2) is 4.79 Å². The maximum absolute atomic E-state index is 11.8. The van der Waals surface area contributed by atoms with Crippen molar-refractivity contribution in [1.82, 2.24) is 0 Å². The van der Waals surface area contributed by atoms with E-state index >= 15 is 0 Å². The second-order valence-corrected chi connectivity index (χ2v) is 4.93. The zero-order valence-electron chi connectivity index (χ0n) is 11.8. The number of hydrogen-bond donors (Lipinski definition) is 1. The quantitative estimate of drug-likeness (QED) is 0.883. The largest absolute Gasteiger partial charge is 0.444 e. The monoisotopic (exact) mass is 269 g/mol. The molecule has 0 aromatic heterocycles. The van der Waals surface area contributed by atoms with Crippen LogP contribution >= 0.6 is 0 Å². The number of benzene rings is 2. The number of anilines is 1. The van der Waals surface area contributed by atoms with E-state index in [2.05, 4.69) is 19.2 Å². The van der Waals surface area contributed by atoms with Gasteiger partial charge in [0.05, 0.1) is 0 Å². The topological polar surface area (TPSA) is 38.3 Å². The van der Waals surface area contributed by atoms with Crippen LogP contribution in [0, 0.1) is 0 Å². The number of amides is 1. The highest BCUT2D eigenvalue weighted by atomic mass is 16.5. The average molecular weight is 269 g/mol. The zero-order chi connectivity index (χ0) is 14.4. The van der Waals surface area contributed by atoms with E-state index in [1.54, 1.807) is 0 Å². The molecule has 3 heteroatoms. The van der Waals surface area contributed by atoms with Gasteiger partial charge in [-0.15, -0.1) is 0 Å². The molecule has 0 heterocycles. The Hall–Kier alpha value is -2.29. The van der Waals surface area contributed by atoms with Gasteiger partial charge in [-0.1, -0.05) is 62.4 Å². The second kappa shape index (κ2) is 6.75. The normalized spacial score (nSPS) is 10.3. The van der Waals surface area contributed by atoms with Crippen molar-refractivity contribution < 1.29 is 9.53 Å². The summed E-state index contributed by atoms with van der Waals surface area (Å²) in [6.07, 6.45) is -0.429. The molecule has 0 fully saturated rings. The molecule has 104 valence electrons. The summed E-state index contributed by atoms with van der Waals surface area (Å²) in [6, 6.07) is 17.4. The van der Waals surface area contributed by atoms with Crippen LogP contribution in [0.25, 0.3) is 0 Å². The Morgan fingerprint density at radius 2 is 1.70 bits per heavy atom. The van der Waals surface area contributed by atoms with Crippen molar-refractivity contribution in [2.45, 2.75) is 26.4 Å². The number of nitrogens with one attached hydrogen (secondary N) is 1. The highest BCUT2D eigenvalue weighted by Crippen LogP contribution is 2.23. The molecular weight excluding hydrogens is 250 g/mol. The van der Waals surface area contributed by atoms with Gasteiger partial charge in [-0.3, -0.25) is 5.32 Å². The van der Waals surface area contributed by atoms with Crippen molar-refractivity contribution in [3.05, 3.63) is 65.7 Å². The number of ether oxygens (including phenoxy) is 1. The second-order valence-electron chi connectivity index (χ2n) is 4.93. The molecule has 0 bridgehead atoms. The summed E-state index contributed by atoms with van der Waals surface area (Å²) in [5.74, 6) is 0.348. The molecule has 2 aromatic rings.